The summed E-state index contributed by atoms with van der Waals surface area (Å²) >= 11 is 12.0. The van der Waals surface area contributed by atoms with Crippen molar-refractivity contribution in [3.05, 3.63) is 71.8 Å². The minimum absolute atomic E-state index is 0.310. The Morgan fingerprint density at radius 3 is 1.28 bits per heavy atom. The molecular formula is C14H10Cl2N2. The highest BCUT2D eigenvalue weighted by Gasteiger charge is 2.00. The second-order valence-electron chi connectivity index (χ2n) is 3.51. The van der Waals surface area contributed by atoms with E-state index in [0.29, 0.717) is 10.3 Å². The Kier molecular flexibility index (Phi) is 4.51. The summed E-state index contributed by atoms with van der Waals surface area (Å²) in [4.78, 5) is 0. The Morgan fingerprint density at radius 1 is 0.611 bits per heavy atom. The molecule has 0 radical (unpaired) electrons. The minimum Gasteiger partial charge on any atom is -0.136 e. The highest BCUT2D eigenvalue weighted by Crippen LogP contribution is 2.08. The molecule has 0 heterocycles. The topological polar surface area (TPSA) is 24.7 Å². The Balaban J connectivity index is 2.20. The maximum absolute atomic E-state index is 6.02. The Bertz CT molecular complexity index is 509. The number of halogens is 2. The third kappa shape index (κ3) is 3.42. The summed E-state index contributed by atoms with van der Waals surface area (Å²) < 4.78 is 0. The first kappa shape index (κ1) is 12.8. The molecule has 4 heteroatoms. The van der Waals surface area contributed by atoms with E-state index in [2.05, 4.69) is 10.2 Å². The van der Waals surface area contributed by atoms with Gasteiger partial charge in [0, 0.05) is 11.1 Å². The summed E-state index contributed by atoms with van der Waals surface area (Å²) in [6.45, 7) is 0. The van der Waals surface area contributed by atoms with Crippen molar-refractivity contribution >= 4 is 33.5 Å². The second kappa shape index (κ2) is 6.34. The molecule has 0 unspecified atom stereocenters. The molecule has 2 aromatic rings. The van der Waals surface area contributed by atoms with Crippen molar-refractivity contribution in [1.29, 1.82) is 0 Å². The van der Waals surface area contributed by atoms with Crippen LogP contribution >= 0.6 is 23.2 Å². The SMILES string of the molecule is Cl/C(=N\N=C(\Cl)c1ccccc1)c1ccccc1. The summed E-state index contributed by atoms with van der Waals surface area (Å²) in [5.74, 6) is 0. The summed E-state index contributed by atoms with van der Waals surface area (Å²) in [5, 5.41) is 8.44. The molecule has 2 rings (SSSR count). The lowest BCUT2D eigenvalue weighted by Crippen LogP contribution is -1.92. The molecule has 0 aliphatic carbocycles. The lowest BCUT2D eigenvalue weighted by molar-refractivity contribution is 1.25. The molecule has 0 N–H and O–H groups in total. The van der Waals surface area contributed by atoms with Gasteiger partial charge in [0.1, 0.15) is 0 Å². The highest BCUT2D eigenvalue weighted by molar-refractivity contribution is 6.71. The highest BCUT2D eigenvalue weighted by atomic mass is 35.5. The second-order valence-corrected chi connectivity index (χ2v) is 4.23. The van der Waals surface area contributed by atoms with Crippen LogP contribution in [0.3, 0.4) is 0 Å². The van der Waals surface area contributed by atoms with Gasteiger partial charge in [-0.15, -0.1) is 10.2 Å². The maximum Gasteiger partial charge on any atom is 0.158 e. The van der Waals surface area contributed by atoms with E-state index in [-0.39, 0.29) is 0 Å². The number of benzene rings is 2. The van der Waals surface area contributed by atoms with Crippen molar-refractivity contribution in [3.63, 3.8) is 0 Å². The molecule has 0 spiro atoms. The fourth-order valence-corrected chi connectivity index (χ4v) is 1.68. The number of rotatable bonds is 3. The number of nitrogens with zero attached hydrogens (tertiary/aromatic N) is 2. The van der Waals surface area contributed by atoms with Crippen LogP contribution in [0.5, 0.6) is 0 Å². The summed E-state index contributed by atoms with van der Waals surface area (Å²) in [6.07, 6.45) is 0. The van der Waals surface area contributed by atoms with Crippen molar-refractivity contribution in [2.75, 3.05) is 0 Å². The predicted octanol–water partition coefficient (Wildman–Crippen LogP) is 4.27. The molecule has 0 fully saturated rings. The maximum atomic E-state index is 6.02. The van der Waals surface area contributed by atoms with Crippen LogP contribution in [0.2, 0.25) is 0 Å². The van der Waals surface area contributed by atoms with Crippen LogP contribution in [0.25, 0.3) is 0 Å². The van der Waals surface area contributed by atoms with Gasteiger partial charge in [0.05, 0.1) is 0 Å². The van der Waals surface area contributed by atoms with E-state index in [4.69, 9.17) is 23.2 Å². The van der Waals surface area contributed by atoms with E-state index >= 15 is 0 Å². The van der Waals surface area contributed by atoms with E-state index in [0.717, 1.165) is 11.1 Å². The van der Waals surface area contributed by atoms with Gasteiger partial charge < -0.3 is 0 Å². The van der Waals surface area contributed by atoms with Crippen molar-refractivity contribution in [3.8, 4) is 0 Å². The first-order valence-corrected chi connectivity index (χ1v) is 6.10. The first-order valence-electron chi connectivity index (χ1n) is 5.35. The van der Waals surface area contributed by atoms with Crippen molar-refractivity contribution < 1.29 is 0 Å². The lowest BCUT2D eigenvalue weighted by atomic mass is 10.2. The molecule has 0 aliphatic rings. The van der Waals surface area contributed by atoms with Crippen LogP contribution in [0.4, 0.5) is 0 Å². The molecule has 0 aromatic heterocycles. The first-order chi connectivity index (χ1) is 8.77. The minimum atomic E-state index is 0.310. The normalized spacial score (nSPS) is 12.6. The summed E-state index contributed by atoms with van der Waals surface area (Å²) in [5.41, 5.74) is 1.61. The average molecular weight is 277 g/mol. The molecule has 0 amide bonds. The fraction of sp³-hybridized carbons (Fsp3) is 0. The molecule has 0 atom stereocenters. The van der Waals surface area contributed by atoms with Gasteiger partial charge in [-0.1, -0.05) is 83.9 Å². The fourth-order valence-electron chi connectivity index (χ4n) is 1.35. The van der Waals surface area contributed by atoms with E-state index in [1.54, 1.807) is 0 Å². The Hall–Kier alpha value is -1.64. The van der Waals surface area contributed by atoms with Crippen molar-refractivity contribution in [1.82, 2.24) is 0 Å². The van der Waals surface area contributed by atoms with E-state index in [1.165, 1.54) is 0 Å². The standard InChI is InChI=1S/C14H10Cl2N2/c15-13(11-7-3-1-4-8-11)17-18-14(16)12-9-5-2-6-10-12/h1-10H/b17-13-,18-14+. The molecule has 18 heavy (non-hydrogen) atoms. The van der Waals surface area contributed by atoms with Gasteiger partial charge in [0.15, 0.2) is 10.3 Å². The predicted molar refractivity (Wildman–Crippen MR) is 77.7 cm³/mol. The van der Waals surface area contributed by atoms with Crippen LogP contribution in [-0.4, -0.2) is 10.3 Å². The zero-order valence-electron chi connectivity index (χ0n) is 9.42. The van der Waals surface area contributed by atoms with Crippen LogP contribution in [0.15, 0.2) is 70.9 Å². The zero-order valence-corrected chi connectivity index (χ0v) is 10.9. The smallest absolute Gasteiger partial charge is 0.136 e. The van der Waals surface area contributed by atoms with E-state index in [9.17, 15) is 0 Å². The molecule has 0 saturated heterocycles. The zero-order chi connectivity index (χ0) is 12.8. The van der Waals surface area contributed by atoms with E-state index < -0.39 is 0 Å². The third-order valence-electron chi connectivity index (χ3n) is 2.25. The third-order valence-corrected chi connectivity index (χ3v) is 2.84. The number of hydrogen-bond donors (Lipinski definition) is 0. The molecular weight excluding hydrogens is 267 g/mol. The molecule has 2 nitrogen and oxygen atoms in total. The Morgan fingerprint density at radius 2 is 0.944 bits per heavy atom. The molecule has 2 aromatic carbocycles. The van der Waals surface area contributed by atoms with E-state index in [1.807, 2.05) is 60.7 Å². The lowest BCUT2D eigenvalue weighted by Gasteiger charge is -1.97. The van der Waals surface area contributed by atoms with Crippen LogP contribution in [-0.2, 0) is 0 Å². The molecule has 90 valence electrons. The average Bonchev–Trinajstić information content (AvgIpc) is 2.46. The quantitative estimate of drug-likeness (QED) is 0.591. The summed E-state index contributed by atoms with van der Waals surface area (Å²) in [7, 11) is 0. The number of hydrogen-bond acceptors (Lipinski definition) is 2. The van der Waals surface area contributed by atoms with Crippen molar-refractivity contribution in [2.45, 2.75) is 0 Å². The summed E-state index contributed by atoms with van der Waals surface area (Å²) in [6, 6.07) is 18.8. The van der Waals surface area contributed by atoms with Gasteiger partial charge >= 0.3 is 0 Å². The van der Waals surface area contributed by atoms with Crippen LogP contribution < -0.4 is 0 Å². The Labute approximate surface area is 116 Å². The largest absolute Gasteiger partial charge is 0.158 e. The van der Waals surface area contributed by atoms with Gasteiger partial charge in [-0.05, 0) is 0 Å². The van der Waals surface area contributed by atoms with Gasteiger partial charge in [-0.2, -0.15) is 0 Å². The van der Waals surface area contributed by atoms with Gasteiger partial charge in [0.25, 0.3) is 0 Å². The monoisotopic (exact) mass is 276 g/mol. The molecule has 0 saturated carbocycles. The van der Waals surface area contributed by atoms with Crippen molar-refractivity contribution in [2.24, 2.45) is 10.2 Å². The van der Waals surface area contributed by atoms with Crippen LogP contribution in [0, 0.1) is 0 Å². The van der Waals surface area contributed by atoms with Crippen LogP contribution in [0.1, 0.15) is 11.1 Å². The van der Waals surface area contributed by atoms with Gasteiger partial charge in [-0.25, -0.2) is 0 Å². The van der Waals surface area contributed by atoms with Gasteiger partial charge in [-0.3, -0.25) is 0 Å². The molecule has 0 aliphatic heterocycles. The van der Waals surface area contributed by atoms with Gasteiger partial charge in [0.2, 0.25) is 0 Å². The molecule has 0 bridgehead atoms.